The summed E-state index contributed by atoms with van der Waals surface area (Å²) in [5.41, 5.74) is -2.40. The maximum absolute atomic E-state index is 13.5. The number of aliphatic hydroxyl groups excluding tert-OH is 2. The number of methoxy groups -OCH3 is 1. The Kier molecular flexibility index (Phi) is 11.2. The van der Waals surface area contributed by atoms with Crippen molar-refractivity contribution >= 4 is 28.8 Å². The molecule has 13 heteroatoms. The van der Waals surface area contributed by atoms with Crippen molar-refractivity contribution in [2.75, 3.05) is 13.7 Å². The largest absolute Gasteiger partial charge is 0.506 e. The third kappa shape index (κ3) is 6.65. The SMILES string of the molecule is COc1ccc(CC(=O)OC[C@]2(O)C(O)=C(O)[C@]3(CC(=O)N3OCc3ccccc3)[C@@H]3C[Si](C(C)C)(C(C)C)O[Si](C(C)C)(C(C)C)O[C@@H]32)cc1. The average Bonchev–Trinajstić information content (AvgIpc) is 3.27. The number of carbonyl (C=O) groups is 2. The summed E-state index contributed by atoms with van der Waals surface area (Å²) in [4.78, 5) is 32.9. The number of rotatable bonds is 12. The summed E-state index contributed by atoms with van der Waals surface area (Å²) < 4.78 is 25.8. The fourth-order valence-corrected chi connectivity index (χ4v) is 21.2. The van der Waals surface area contributed by atoms with Crippen molar-refractivity contribution in [1.29, 1.82) is 0 Å². The predicted molar refractivity (Wildman–Crippen MR) is 196 cm³/mol. The minimum absolute atomic E-state index is 0.0396. The van der Waals surface area contributed by atoms with Gasteiger partial charge in [0.05, 0.1) is 26.1 Å². The molecule has 0 radical (unpaired) electrons. The molecular formula is C38H55NO10Si2. The Hall–Kier alpha value is -3.21. The zero-order valence-corrected chi connectivity index (χ0v) is 33.3. The number of fused-ring (bicyclic) bond motifs is 2. The van der Waals surface area contributed by atoms with Gasteiger partial charge in [-0.05, 0) is 51.5 Å². The zero-order chi connectivity index (χ0) is 37.5. The molecule has 1 spiro atoms. The average molecular weight is 742 g/mol. The van der Waals surface area contributed by atoms with Crippen molar-refractivity contribution in [2.45, 2.75) is 120 Å². The van der Waals surface area contributed by atoms with Crippen LogP contribution in [0.4, 0.5) is 0 Å². The molecule has 3 N–H and O–H groups in total. The Morgan fingerprint density at radius 3 is 2.04 bits per heavy atom. The molecule has 2 heterocycles. The van der Waals surface area contributed by atoms with Crippen LogP contribution in [0.5, 0.6) is 5.75 Å². The van der Waals surface area contributed by atoms with Gasteiger partial charge in [-0.15, -0.1) is 0 Å². The molecule has 1 aliphatic carbocycles. The topological polar surface area (TPSA) is 144 Å². The lowest BCUT2D eigenvalue weighted by Gasteiger charge is -2.60. The van der Waals surface area contributed by atoms with Gasteiger partial charge in [0.2, 0.25) is 5.91 Å². The monoisotopic (exact) mass is 741 g/mol. The number of amides is 1. The van der Waals surface area contributed by atoms with Crippen LogP contribution in [0.2, 0.25) is 28.2 Å². The highest BCUT2D eigenvalue weighted by molar-refractivity contribution is 6.87. The van der Waals surface area contributed by atoms with Gasteiger partial charge in [-0.1, -0.05) is 97.9 Å². The van der Waals surface area contributed by atoms with Crippen LogP contribution < -0.4 is 4.74 Å². The first kappa shape index (κ1) is 39.0. The molecule has 5 rings (SSSR count). The molecule has 1 amide bonds. The van der Waals surface area contributed by atoms with Gasteiger partial charge in [0, 0.05) is 5.92 Å². The lowest BCUT2D eigenvalue weighted by Crippen LogP contribution is -2.76. The minimum atomic E-state index is -3.30. The molecule has 2 aromatic rings. The predicted octanol–water partition coefficient (Wildman–Crippen LogP) is 7.02. The third-order valence-electron chi connectivity index (χ3n) is 11.4. The summed E-state index contributed by atoms with van der Waals surface area (Å²) in [5, 5.41) is 38.0. The molecule has 0 saturated carbocycles. The van der Waals surface area contributed by atoms with Crippen LogP contribution in [0.3, 0.4) is 0 Å². The van der Waals surface area contributed by atoms with E-state index in [9.17, 15) is 24.9 Å². The lowest BCUT2D eigenvalue weighted by atomic mass is 9.63. The Labute approximate surface area is 303 Å². The summed E-state index contributed by atoms with van der Waals surface area (Å²) in [6.45, 7) is 16.2. The zero-order valence-electron chi connectivity index (χ0n) is 31.3. The highest BCUT2D eigenvalue weighted by Gasteiger charge is 2.75. The van der Waals surface area contributed by atoms with Gasteiger partial charge < -0.3 is 33.3 Å². The van der Waals surface area contributed by atoms with Gasteiger partial charge in [-0.2, -0.15) is 0 Å². The van der Waals surface area contributed by atoms with Crippen LogP contribution in [0, 0.1) is 5.92 Å². The number of hydrogen-bond acceptors (Lipinski definition) is 10. The molecule has 280 valence electrons. The van der Waals surface area contributed by atoms with Gasteiger partial charge in [0.25, 0.3) is 0 Å². The standard InChI is InChI=1S/C38H55NO10Si2/c1-24(2)50(25(3)4)22-31-36(48-51(49-50,26(5)6)27(7)8)38(44,23-46-33(41)19-28-15-17-30(45-9)18-16-28)35(43)34(42)37(31)20-32(40)39(37)47-21-29-13-11-10-12-14-29/h10-18,24-27,31,36,42-44H,19-23H2,1-9H3/t31-,36+,37+,38+/m1/s1. The van der Waals surface area contributed by atoms with Gasteiger partial charge in [0.15, 0.2) is 25.4 Å². The Balaban J connectivity index is 1.63. The normalized spacial score (nSPS) is 27.2. The fourth-order valence-electron chi connectivity index (χ4n) is 8.38. The number of hydrogen-bond donors (Lipinski definition) is 3. The van der Waals surface area contributed by atoms with E-state index in [0.717, 1.165) is 5.56 Å². The highest BCUT2D eigenvalue weighted by Crippen LogP contribution is 2.61. The molecule has 11 nitrogen and oxygen atoms in total. The molecule has 2 aromatic carbocycles. The number of nitrogens with zero attached hydrogens (tertiary/aromatic N) is 1. The molecular weight excluding hydrogens is 687 g/mol. The number of aliphatic hydroxyl groups is 3. The summed E-state index contributed by atoms with van der Waals surface area (Å²) in [5.74, 6) is -2.55. The van der Waals surface area contributed by atoms with Crippen LogP contribution >= 0.6 is 0 Å². The van der Waals surface area contributed by atoms with Crippen molar-refractivity contribution in [2.24, 2.45) is 5.92 Å². The van der Waals surface area contributed by atoms with E-state index in [0.29, 0.717) is 17.4 Å². The van der Waals surface area contributed by atoms with Crippen molar-refractivity contribution < 1.29 is 47.8 Å². The van der Waals surface area contributed by atoms with Crippen molar-refractivity contribution in [1.82, 2.24) is 5.06 Å². The number of esters is 1. The third-order valence-corrected chi connectivity index (χ3v) is 23.1. The van der Waals surface area contributed by atoms with Crippen molar-refractivity contribution in [3.8, 4) is 5.75 Å². The summed E-state index contributed by atoms with van der Waals surface area (Å²) in [7, 11) is -4.62. The lowest BCUT2D eigenvalue weighted by molar-refractivity contribution is -0.288. The van der Waals surface area contributed by atoms with Crippen LogP contribution in [-0.2, 0) is 40.7 Å². The van der Waals surface area contributed by atoms with E-state index >= 15 is 0 Å². The van der Waals surface area contributed by atoms with Crippen molar-refractivity contribution in [3.05, 3.63) is 77.2 Å². The maximum atomic E-state index is 13.5. The molecule has 51 heavy (non-hydrogen) atoms. The second-order valence-electron chi connectivity index (χ2n) is 15.6. The molecule has 0 unspecified atom stereocenters. The van der Waals surface area contributed by atoms with Gasteiger partial charge in [0.1, 0.15) is 24.5 Å². The summed E-state index contributed by atoms with van der Waals surface area (Å²) in [6.07, 6.45) is -1.49. The van der Waals surface area contributed by atoms with E-state index in [1.165, 1.54) is 5.06 Å². The van der Waals surface area contributed by atoms with E-state index < -0.39 is 64.1 Å². The fraction of sp³-hybridized carbons (Fsp3) is 0.579. The second-order valence-corrected chi connectivity index (χ2v) is 25.0. The number of carbonyl (C=O) groups excluding carboxylic acids is 2. The number of benzene rings is 2. The molecule has 2 aliphatic heterocycles. The quantitative estimate of drug-likeness (QED) is 0.118. The van der Waals surface area contributed by atoms with E-state index in [-0.39, 0.29) is 47.5 Å². The molecule has 3 aliphatic rings. The smallest absolute Gasteiger partial charge is 0.333 e. The van der Waals surface area contributed by atoms with Gasteiger partial charge in [-0.3, -0.25) is 14.4 Å². The summed E-state index contributed by atoms with van der Waals surface area (Å²) in [6, 6.07) is 16.7. The molecule has 0 bridgehead atoms. The van der Waals surface area contributed by atoms with Crippen LogP contribution in [0.25, 0.3) is 0 Å². The first-order valence-corrected chi connectivity index (χ1v) is 22.2. The Morgan fingerprint density at radius 2 is 1.51 bits per heavy atom. The first-order valence-electron chi connectivity index (χ1n) is 18.0. The maximum Gasteiger partial charge on any atom is 0.333 e. The van der Waals surface area contributed by atoms with E-state index in [2.05, 4.69) is 55.4 Å². The molecule has 2 fully saturated rings. The molecule has 2 saturated heterocycles. The second kappa shape index (κ2) is 14.7. The van der Waals surface area contributed by atoms with Crippen LogP contribution in [-0.4, -0.2) is 80.1 Å². The Morgan fingerprint density at radius 1 is 0.902 bits per heavy atom. The van der Waals surface area contributed by atoms with Crippen LogP contribution in [0.15, 0.2) is 66.1 Å². The minimum Gasteiger partial charge on any atom is -0.506 e. The van der Waals surface area contributed by atoms with Crippen LogP contribution in [0.1, 0.15) is 72.9 Å². The van der Waals surface area contributed by atoms with E-state index in [1.807, 2.05) is 30.3 Å². The van der Waals surface area contributed by atoms with E-state index in [1.54, 1.807) is 31.4 Å². The molecule has 0 aromatic heterocycles. The van der Waals surface area contributed by atoms with Crippen molar-refractivity contribution in [3.63, 3.8) is 0 Å². The first-order chi connectivity index (χ1) is 24.0. The summed E-state index contributed by atoms with van der Waals surface area (Å²) >= 11 is 0. The number of hydroxylamine groups is 2. The highest BCUT2D eigenvalue weighted by atomic mass is 28.4. The molecule has 4 atom stereocenters. The van der Waals surface area contributed by atoms with E-state index in [4.69, 9.17) is 22.9 Å². The van der Waals surface area contributed by atoms with Gasteiger partial charge in [-0.25, -0.2) is 5.06 Å². The number of ether oxygens (including phenoxy) is 2. The Bertz CT molecular complexity index is 1580. The van der Waals surface area contributed by atoms with Gasteiger partial charge >= 0.3 is 14.5 Å². The number of β-lactam (4-membered cyclic amide) rings is 1.